The minimum Gasteiger partial charge on any atom is -0.467 e. The van der Waals surface area contributed by atoms with Crippen LogP contribution in [0.3, 0.4) is 0 Å². The molecule has 1 aromatic rings. The maximum atomic E-state index is 4.93. The summed E-state index contributed by atoms with van der Waals surface area (Å²) in [5, 5.41) is 0. The SMILES string of the molecule is C1=CC[C]([Ti][C]2=CC=CC2)=C1.ClOCc1ccco1. The Bertz CT molecular complexity index is 470. The molecule has 0 unspecified atom stereocenters. The molecule has 2 nitrogen and oxygen atoms in total. The van der Waals surface area contributed by atoms with Crippen LogP contribution in [0.25, 0.3) is 0 Å². The van der Waals surface area contributed by atoms with Gasteiger partial charge in [-0.2, -0.15) is 0 Å². The Kier molecular flexibility index (Phi) is 6.45. The molecule has 0 aromatic carbocycles. The average molecular weight is 311 g/mol. The molecule has 1 heterocycles. The largest absolute Gasteiger partial charge is 0.467 e. The van der Waals surface area contributed by atoms with Gasteiger partial charge in [-0.15, -0.1) is 0 Å². The van der Waals surface area contributed by atoms with Crippen LogP contribution < -0.4 is 0 Å². The Morgan fingerprint density at radius 3 is 2.26 bits per heavy atom. The topological polar surface area (TPSA) is 22.4 Å². The first kappa shape index (κ1) is 14.6. The average Bonchev–Trinajstić information content (AvgIpc) is 3.12. The predicted octanol–water partition coefficient (Wildman–Crippen LogP) is 4.71. The van der Waals surface area contributed by atoms with Gasteiger partial charge in [-0.1, -0.05) is 0 Å². The quantitative estimate of drug-likeness (QED) is 0.752. The Morgan fingerprint density at radius 1 is 1.16 bits per heavy atom. The van der Waals surface area contributed by atoms with E-state index in [2.05, 4.69) is 40.7 Å². The van der Waals surface area contributed by atoms with Crippen molar-refractivity contribution >= 4 is 11.9 Å². The summed E-state index contributed by atoms with van der Waals surface area (Å²) in [4.78, 5) is 0. The molecule has 2 aliphatic rings. The zero-order chi connectivity index (χ0) is 13.3. The molecule has 98 valence electrons. The normalized spacial score (nSPS) is 15.8. The molecule has 2 aliphatic carbocycles. The van der Waals surface area contributed by atoms with Gasteiger partial charge >= 0.3 is 76.2 Å². The molecule has 1 aromatic heterocycles. The van der Waals surface area contributed by atoms with Crippen LogP contribution in [0.2, 0.25) is 0 Å². The second kappa shape index (κ2) is 8.39. The van der Waals surface area contributed by atoms with Crippen LogP contribution in [0.5, 0.6) is 0 Å². The third kappa shape index (κ3) is 5.37. The first-order chi connectivity index (χ1) is 9.38. The van der Waals surface area contributed by atoms with Crippen LogP contribution in [-0.2, 0) is 30.0 Å². The molecule has 0 atom stereocenters. The molecule has 0 amide bonds. The van der Waals surface area contributed by atoms with E-state index in [1.165, 1.54) is 12.8 Å². The molecule has 0 aliphatic heterocycles. The molecule has 0 fully saturated rings. The van der Waals surface area contributed by atoms with Crippen LogP contribution in [0.1, 0.15) is 18.6 Å². The molecule has 0 saturated heterocycles. The van der Waals surface area contributed by atoms with Crippen molar-refractivity contribution in [3.8, 4) is 0 Å². The van der Waals surface area contributed by atoms with Gasteiger partial charge in [0.05, 0.1) is 18.1 Å². The van der Waals surface area contributed by atoms with Gasteiger partial charge in [0.15, 0.2) is 0 Å². The van der Waals surface area contributed by atoms with E-state index in [4.69, 9.17) is 16.3 Å². The van der Waals surface area contributed by atoms with E-state index in [0.29, 0.717) is 6.61 Å². The Hall–Kier alpha value is -0.796. The van der Waals surface area contributed by atoms with Crippen molar-refractivity contribution < 1.29 is 27.9 Å². The number of halogens is 1. The van der Waals surface area contributed by atoms with Crippen molar-refractivity contribution in [2.24, 2.45) is 0 Å². The zero-order valence-electron chi connectivity index (χ0n) is 10.5. The van der Waals surface area contributed by atoms with E-state index in [0.717, 1.165) is 5.76 Å². The Balaban J connectivity index is 0.000000148. The van der Waals surface area contributed by atoms with Gasteiger partial charge in [-0.25, -0.2) is 0 Å². The van der Waals surface area contributed by atoms with Crippen LogP contribution in [0, 0.1) is 0 Å². The summed E-state index contributed by atoms with van der Waals surface area (Å²) in [6.45, 7) is 0.328. The number of rotatable bonds is 4. The molecule has 3 rings (SSSR count). The molecule has 19 heavy (non-hydrogen) atoms. The number of hydrogen-bond acceptors (Lipinski definition) is 2. The molecular weight excluding hydrogens is 295 g/mol. The fourth-order valence-corrected chi connectivity index (χ4v) is 3.73. The fraction of sp³-hybridized carbons (Fsp3) is 0.200. The summed E-state index contributed by atoms with van der Waals surface area (Å²) >= 11 is 5.02. The van der Waals surface area contributed by atoms with Gasteiger partial charge in [0, 0.05) is 0 Å². The Morgan fingerprint density at radius 2 is 1.84 bits per heavy atom. The standard InChI is InChI=1S/C5H5ClO2.2C5H5.Ti/c6-8-4-5-2-1-3-7-5;2*1-2-4-5-3-1;/h1-3H,4H2;2*1-3H,4H2;. The summed E-state index contributed by atoms with van der Waals surface area (Å²) in [6.07, 6.45) is 17.5. The second-order valence-electron chi connectivity index (χ2n) is 4.11. The van der Waals surface area contributed by atoms with E-state index in [1.54, 1.807) is 26.2 Å². The van der Waals surface area contributed by atoms with E-state index >= 15 is 0 Å². The second-order valence-corrected chi connectivity index (χ2v) is 6.72. The minimum absolute atomic E-state index is 0.0833. The van der Waals surface area contributed by atoms with Gasteiger partial charge in [0.1, 0.15) is 12.4 Å². The van der Waals surface area contributed by atoms with Crippen LogP contribution in [0.15, 0.2) is 67.0 Å². The van der Waals surface area contributed by atoms with Gasteiger partial charge in [-0.05, 0) is 12.1 Å². The molecule has 0 radical (unpaired) electrons. The molecule has 0 saturated carbocycles. The first-order valence-corrected chi connectivity index (χ1v) is 8.00. The van der Waals surface area contributed by atoms with Crippen molar-refractivity contribution in [2.45, 2.75) is 19.4 Å². The fourth-order valence-electron chi connectivity index (χ4n) is 1.73. The predicted molar refractivity (Wildman–Crippen MR) is 73.0 cm³/mol. The van der Waals surface area contributed by atoms with Crippen LogP contribution >= 0.6 is 11.9 Å². The van der Waals surface area contributed by atoms with Gasteiger partial charge < -0.3 is 4.42 Å². The van der Waals surface area contributed by atoms with E-state index in [1.807, 2.05) is 0 Å². The van der Waals surface area contributed by atoms with Gasteiger partial charge in [0.2, 0.25) is 0 Å². The molecule has 0 N–H and O–H groups in total. The molecule has 0 spiro atoms. The van der Waals surface area contributed by atoms with Gasteiger partial charge in [0.25, 0.3) is 0 Å². The van der Waals surface area contributed by atoms with Crippen molar-refractivity contribution in [2.75, 3.05) is 0 Å². The Labute approximate surface area is 127 Å². The van der Waals surface area contributed by atoms with E-state index < -0.39 is 0 Å². The third-order valence-corrected chi connectivity index (χ3v) is 4.91. The number of allylic oxidation sites excluding steroid dienone is 8. The summed E-state index contributed by atoms with van der Waals surface area (Å²) < 4.78 is 12.5. The number of hydrogen-bond donors (Lipinski definition) is 0. The van der Waals surface area contributed by atoms with Gasteiger partial charge in [-0.3, -0.25) is 4.29 Å². The minimum atomic E-state index is 0.0833. The smallest absolute Gasteiger partial charge is 0.131 e. The van der Waals surface area contributed by atoms with E-state index in [9.17, 15) is 0 Å². The summed E-state index contributed by atoms with van der Waals surface area (Å²) in [6, 6.07) is 3.58. The number of furan rings is 1. The molecular formula is C15H15ClO2Ti. The molecule has 4 heteroatoms. The van der Waals surface area contributed by atoms with Crippen LogP contribution in [0.4, 0.5) is 0 Å². The van der Waals surface area contributed by atoms with Crippen molar-refractivity contribution in [1.82, 2.24) is 0 Å². The van der Waals surface area contributed by atoms with Crippen LogP contribution in [-0.4, -0.2) is 0 Å². The van der Waals surface area contributed by atoms with Crippen molar-refractivity contribution in [3.05, 3.63) is 68.4 Å². The van der Waals surface area contributed by atoms with Crippen molar-refractivity contribution in [1.29, 1.82) is 0 Å². The zero-order valence-corrected chi connectivity index (χ0v) is 12.8. The summed E-state index contributed by atoms with van der Waals surface area (Å²) in [7, 11) is 0. The first-order valence-electron chi connectivity index (χ1n) is 6.13. The third-order valence-electron chi connectivity index (χ3n) is 2.64. The summed E-state index contributed by atoms with van der Waals surface area (Å²) in [5.74, 6) is 0.736. The monoisotopic (exact) mass is 310 g/mol. The van der Waals surface area contributed by atoms with E-state index in [-0.39, 0.29) is 19.2 Å². The molecule has 0 bridgehead atoms. The maximum Gasteiger partial charge on any atom is 0.131 e. The maximum absolute atomic E-state index is 4.93. The summed E-state index contributed by atoms with van der Waals surface area (Å²) in [5.41, 5.74) is 0. The van der Waals surface area contributed by atoms with Crippen molar-refractivity contribution in [3.63, 3.8) is 0 Å².